The summed E-state index contributed by atoms with van der Waals surface area (Å²) in [5.41, 5.74) is 0.410. The molecule has 2 rings (SSSR count). The summed E-state index contributed by atoms with van der Waals surface area (Å²) in [6.07, 6.45) is 0. The number of furan rings is 1. The Kier molecular flexibility index (Phi) is 4.82. The molecular formula is C15H11IN2O4. The summed E-state index contributed by atoms with van der Waals surface area (Å²) in [6.45, 7) is 1.52. The number of methoxy groups -OCH3 is 1. The number of aryl methyl sites for hydroxylation is 1. The van der Waals surface area contributed by atoms with Gasteiger partial charge in [0.25, 0.3) is 5.91 Å². The molecule has 0 aliphatic heterocycles. The predicted molar refractivity (Wildman–Crippen MR) is 86.6 cm³/mol. The smallest absolute Gasteiger partial charge is 0.342 e. The maximum absolute atomic E-state index is 12.3. The summed E-state index contributed by atoms with van der Waals surface area (Å²) < 4.78 is 10.7. The molecule has 22 heavy (non-hydrogen) atoms. The van der Waals surface area contributed by atoms with Gasteiger partial charge in [-0.05, 0) is 41.6 Å². The average molecular weight is 410 g/mol. The van der Waals surface area contributed by atoms with Crippen molar-refractivity contribution in [2.24, 2.45) is 0 Å². The molecule has 6 nitrogen and oxygen atoms in total. The molecule has 7 heteroatoms. The lowest BCUT2D eigenvalue weighted by atomic mass is 10.1. The van der Waals surface area contributed by atoms with Gasteiger partial charge in [0, 0.05) is 3.57 Å². The Labute approximate surface area is 140 Å². The fraction of sp³-hybridized carbons (Fsp3) is 0.133. The minimum absolute atomic E-state index is 0.0167. The molecule has 0 saturated carbocycles. The molecule has 0 aliphatic rings. The number of hydrogen-bond acceptors (Lipinski definition) is 5. The van der Waals surface area contributed by atoms with E-state index < -0.39 is 11.9 Å². The van der Waals surface area contributed by atoms with Crippen LogP contribution in [0.2, 0.25) is 0 Å². The number of nitriles is 1. The average Bonchev–Trinajstić information content (AvgIpc) is 2.82. The molecule has 1 N–H and O–H groups in total. The topological polar surface area (TPSA) is 92.3 Å². The van der Waals surface area contributed by atoms with Crippen LogP contribution < -0.4 is 5.32 Å². The highest BCUT2D eigenvalue weighted by Gasteiger charge is 2.25. The molecule has 0 spiro atoms. The SMILES string of the molecule is COC(=O)c1c(C)oc(NC(=O)c2ccccc2I)c1C#N. The lowest BCUT2D eigenvalue weighted by molar-refractivity contribution is 0.0598. The first kappa shape index (κ1) is 16.0. The van der Waals surface area contributed by atoms with Crippen molar-refractivity contribution in [1.82, 2.24) is 0 Å². The summed E-state index contributed by atoms with van der Waals surface area (Å²) >= 11 is 2.03. The molecular weight excluding hydrogens is 399 g/mol. The van der Waals surface area contributed by atoms with Gasteiger partial charge < -0.3 is 9.15 Å². The first-order valence-electron chi connectivity index (χ1n) is 6.17. The van der Waals surface area contributed by atoms with Crippen molar-refractivity contribution in [1.29, 1.82) is 5.26 Å². The molecule has 0 saturated heterocycles. The van der Waals surface area contributed by atoms with Gasteiger partial charge in [-0.1, -0.05) is 12.1 Å². The number of esters is 1. The number of hydrogen-bond donors (Lipinski definition) is 1. The number of benzene rings is 1. The zero-order chi connectivity index (χ0) is 16.3. The van der Waals surface area contributed by atoms with Gasteiger partial charge in [0.1, 0.15) is 23.0 Å². The molecule has 1 aromatic heterocycles. The number of rotatable bonds is 3. The van der Waals surface area contributed by atoms with Gasteiger partial charge in [0.2, 0.25) is 5.88 Å². The second-order valence-corrected chi connectivity index (χ2v) is 5.44. The lowest BCUT2D eigenvalue weighted by Crippen LogP contribution is -2.14. The van der Waals surface area contributed by atoms with Crippen LogP contribution in [0.1, 0.15) is 32.0 Å². The summed E-state index contributed by atoms with van der Waals surface area (Å²) in [4.78, 5) is 24.0. The molecule has 0 atom stereocenters. The van der Waals surface area contributed by atoms with E-state index in [0.29, 0.717) is 5.56 Å². The first-order chi connectivity index (χ1) is 10.5. The largest absolute Gasteiger partial charge is 0.465 e. The zero-order valence-corrected chi connectivity index (χ0v) is 13.9. The minimum atomic E-state index is -0.687. The molecule has 0 radical (unpaired) electrons. The summed E-state index contributed by atoms with van der Waals surface area (Å²) in [7, 11) is 1.21. The first-order valence-corrected chi connectivity index (χ1v) is 7.25. The van der Waals surface area contributed by atoms with Gasteiger partial charge in [-0.25, -0.2) is 4.79 Å². The Morgan fingerprint density at radius 3 is 2.64 bits per heavy atom. The van der Waals surface area contributed by atoms with E-state index in [0.717, 1.165) is 3.57 Å². The van der Waals surface area contributed by atoms with Crippen molar-refractivity contribution >= 4 is 40.4 Å². The summed E-state index contributed by atoms with van der Waals surface area (Å²) in [5.74, 6) is -0.967. The van der Waals surface area contributed by atoms with Gasteiger partial charge >= 0.3 is 5.97 Å². The van der Waals surface area contributed by atoms with Gasteiger partial charge in [0.05, 0.1) is 12.7 Å². The van der Waals surface area contributed by atoms with Crippen molar-refractivity contribution < 1.29 is 18.7 Å². The molecule has 0 fully saturated rings. The van der Waals surface area contributed by atoms with Crippen molar-refractivity contribution in [3.8, 4) is 6.07 Å². The number of carbonyl (C=O) groups is 2. The number of amides is 1. The Balaban J connectivity index is 2.39. The fourth-order valence-corrected chi connectivity index (χ4v) is 2.54. The lowest BCUT2D eigenvalue weighted by Gasteiger charge is -2.04. The molecule has 0 bridgehead atoms. The Bertz CT molecular complexity index is 789. The van der Waals surface area contributed by atoms with E-state index in [9.17, 15) is 14.9 Å². The number of halogens is 1. The van der Waals surface area contributed by atoms with Gasteiger partial charge in [-0.3, -0.25) is 10.1 Å². The van der Waals surface area contributed by atoms with Crippen LogP contribution in [0.4, 0.5) is 5.88 Å². The normalized spacial score (nSPS) is 9.91. The van der Waals surface area contributed by atoms with Crippen LogP contribution in [-0.2, 0) is 4.74 Å². The van der Waals surface area contributed by atoms with Crippen molar-refractivity contribution in [2.45, 2.75) is 6.92 Å². The summed E-state index contributed by atoms with van der Waals surface area (Å²) in [5, 5.41) is 11.7. The van der Waals surface area contributed by atoms with Crippen LogP contribution in [0.15, 0.2) is 28.7 Å². The fourth-order valence-electron chi connectivity index (χ4n) is 1.90. The van der Waals surface area contributed by atoms with Crippen LogP contribution in [0.3, 0.4) is 0 Å². The van der Waals surface area contributed by atoms with Crippen molar-refractivity contribution in [3.63, 3.8) is 0 Å². The van der Waals surface area contributed by atoms with Crippen LogP contribution in [-0.4, -0.2) is 19.0 Å². The van der Waals surface area contributed by atoms with Gasteiger partial charge in [0.15, 0.2) is 0 Å². The maximum atomic E-state index is 12.3. The quantitative estimate of drug-likeness (QED) is 0.620. The minimum Gasteiger partial charge on any atom is -0.465 e. The summed E-state index contributed by atoms with van der Waals surface area (Å²) in [6, 6.07) is 8.84. The second kappa shape index (κ2) is 6.62. The molecule has 2 aromatic rings. The Hall–Kier alpha value is -2.34. The van der Waals surface area contributed by atoms with E-state index in [-0.39, 0.29) is 22.8 Å². The highest BCUT2D eigenvalue weighted by atomic mass is 127. The predicted octanol–water partition coefficient (Wildman–Crippen LogP) is 3.10. The van der Waals surface area contributed by atoms with E-state index in [1.54, 1.807) is 18.2 Å². The van der Waals surface area contributed by atoms with Gasteiger partial charge in [-0.2, -0.15) is 5.26 Å². The Morgan fingerprint density at radius 2 is 2.05 bits per heavy atom. The molecule has 1 amide bonds. The van der Waals surface area contributed by atoms with Crippen molar-refractivity contribution in [2.75, 3.05) is 12.4 Å². The molecule has 112 valence electrons. The van der Waals surface area contributed by atoms with Crippen LogP contribution in [0.25, 0.3) is 0 Å². The van der Waals surface area contributed by atoms with E-state index >= 15 is 0 Å². The number of ether oxygens (including phenoxy) is 1. The monoisotopic (exact) mass is 410 g/mol. The number of nitrogens with one attached hydrogen (secondary N) is 1. The molecule has 0 unspecified atom stereocenters. The number of anilines is 1. The van der Waals surface area contributed by atoms with E-state index in [4.69, 9.17) is 4.42 Å². The van der Waals surface area contributed by atoms with Crippen LogP contribution in [0.5, 0.6) is 0 Å². The van der Waals surface area contributed by atoms with Crippen molar-refractivity contribution in [3.05, 3.63) is 50.3 Å². The third kappa shape index (κ3) is 2.96. The maximum Gasteiger partial charge on any atom is 0.342 e. The van der Waals surface area contributed by atoms with Crippen LogP contribution >= 0.6 is 22.6 Å². The zero-order valence-electron chi connectivity index (χ0n) is 11.8. The van der Waals surface area contributed by atoms with Crippen LogP contribution in [0, 0.1) is 21.8 Å². The van der Waals surface area contributed by atoms with Gasteiger partial charge in [-0.15, -0.1) is 0 Å². The third-order valence-electron chi connectivity index (χ3n) is 2.93. The second-order valence-electron chi connectivity index (χ2n) is 4.27. The highest BCUT2D eigenvalue weighted by Crippen LogP contribution is 2.27. The standard InChI is InChI=1S/C15H11IN2O4/c1-8-12(15(20)21-2)10(7-17)14(22-8)18-13(19)9-5-3-4-6-11(9)16/h3-6H,1-2H3,(H,18,19). The molecule has 1 aromatic carbocycles. The molecule has 1 heterocycles. The third-order valence-corrected chi connectivity index (χ3v) is 3.87. The number of carbonyl (C=O) groups excluding carboxylic acids is 2. The molecule has 0 aliphatic carbocycles. The Morgan fingerprint density at radius 1 is 1.36 bits per heavy atom. The van der Waals surface area contributed by atoms with E-state index in [1.807, 2.05) is 34.7 Å². The van der Waals surface area contributed by atoms with E-state index in [2.05, 4.69) is 10.1 Å². The number of nitrogens with zero attached hydrogens (tertiary/aromatic N) is 1. The highest BCUT2D eigenvalue weighted by molar-refractivity contribution is 14.1. The van der Waals surface area contributed by atoms with E-state index in [1.165, 1.54) is 14.0 Å².